The zero-order valence-corrected chi connectivity index (χ0v) is 25.0. The molecule has 0 radical (unpaired) electrons. The molecule has 0 saturated carbocycles. The molecule has 0 aliphatic carbocycles. The van der Waals surface area contributed by atoms with E-state index in [0.717, 1.165) is 0 Å². The van der Waals surface area contributed by atoms with Crippen molar-refractivity contribution in [1.29, 1.82) is 0 Å². The molecule has 0 aliphatic heterocycles. The van der Waals surface area contributed by atoms with Gasteiger partial charge < -0.3 is 33.0 Å². The molecule has 0 unspecified atom stereocenters. The van der Waals surface area contributed by atoms with Crippen LogP contribution >= 0.6 is 15.6 Å². The molecule has 0 saturated heterocycles. The normalized spacial score (nSPS) is 10.1. The molecule has 0 spiro atoms. The van der Waals surface area contributed by atoms with Gasteiger partial charge in [-0.2, -0.15) is 8.42 Å². The summed E-state index contributed by atoms with van der Waals surface area (Å²) in [4.78, 5) is 37.3. The fourth-order valence-electron chi connectivity index (χ4n) is 0.122. The SMILES string of the molecule is O=P([O-])([O-])OP(=O)([O-])[O-].O=S(=O)(O)O.[K+].[K+].[K+].[K+]. The standard InChI is InChI=1S/4K.H4O7P2.H2O4S/c;;;;1-8(2,3)7-9(4,5)6;1-5(2,3)4/h;;;;(H2,1,2,3)(H2,4,5,6);(H2,1,2,3,4)/q4*+1;;/p-4. The van der Waals surface area contributed by atoms with E-state index in [-0.39, 0.29) is 206 Å². The fourth-order valence-corrected chi connectivity index (χ4v) is 1.10. The monoisotopic (exact) mass is 428 g/mol. The van der Waals surface area contributed by atoms with E-state index in [4.69, 9.17) is 17.5 Å². The third-order valence-corrected chi connectivity index (χ3v) is 1.80. The van der Waals surface area contributed by atoms with Crippen LogP contribution in [0.25, 0.3) is 0 Å². The summed E-state index contributed by atoms with van der Waals surface area (Å²) in [6.45, 7) is 0. The summed E-state index contributed by atoms with van der Waals surface area (Å²) in [6, 6.07) is 0. The van der Waals surface area contributed by atoms with E-state index in [1.165, 1.54) is 0 Å². The second-order valence-electron chi connectivity index (χ2n) is 1.42. The summed E-state index contributed by atoms with van der Waals surface area (Å²) in [5.41, 5.74) is 0. The Morgan fingerprint density at radius 2 is 0.889 bits per heavy atom. The Kier molecular flexibility index (Phi) is 40.7. The van der Waals surface area contributed by atoms with Crippen LogP contribution in [0.2, 0.25) is 0 Å². The Hall–Kier alpha value is 6.68. The molecule has 18 heteroatoms. The molecule has 0 fully saturated rings. The van der Waals surface area contributed by atoms with Gasteiger partial charge in [-0.1, -0.05) is 0 Å². The first kappa shape index (κ1) is 39.7. The minimum atomic E-state index is -5.68. The molecule has 0 aliphatic rings. The minimum absolute atomic E-state index is 0. The maximum Gasteiger partial charge on any atom is 1.00 e. The average molecular weight is 428 g/mol. The molecular weight excluding hydrogens is 426 g/mol. The van der Waals surface area contributed by atoms with Crippen molar-refractivity contribution in [3.63, 3.8) is 0 Å². The Balaban J connectivity index is -0.0000000359. The van der Waals surface area contributed by atoms with E-state index in [2.05, 4.69) is 4.31 Å². The third kappa shape index (κ3) is 66.3. The van der Waals surface area contributed by atoms with Gasteiger partial charge in [0.15, 0.2) is 0 Å². The van der Waals surface area contributed by atoms with Gasteiger partial charge in [0.1, 0.15) is 0 Å². The van der Waals surface area contributed by atoms with Crippen LogP contribution in [0.5, 0.6) is 0 Å². The molecular formula is H2K4O11P2S. The van der Waals surface area contributed by atoms with Gasteiger partial charge in [0, 0.05) is 0 Å². The Morgan fingerprint density at radius 1 is 0.778 bits per heavy atom. The average Bonchev–Trinajstić information content (AvgIpc) is 1.42. The summed E-state index contributed by atoms with van der Waals surface area (Å²) in [5, 5.41) is 0. The predicted molar refractivity (Wildman–Crippen MR) is 30.5 cm³/mol. The van der Waals surface area contributed by atoms with Gasteiger partial charge in [0.2, 0.25) is 0 Å². The van der Waals surface area contributed by atoms with Crippen LogP contribution in [-0.4, -0.2) is 17.5 Å². The summed E-state index contributed by atoms with van der Waals surface area (Å²) in [5.74, 6) is 0. The maximum atomic E-state index is 9.32. The van der Waals surface area contributed by atoms with E-state index < -0.39 is 26.0 Å². The predicted octanol–water partition coefficient (Wildman–Crippen LogP) is -16.0. The van der Waals surface area contributed by atoms with Crippen molar-refractivity contribution in [2.24, 2.45) is 0 Å². The quantitative estimate of drug-likeness (QED) is 0.239. The molecule has 2 N–H and O–H groups in total. The summed E-state index contributed by atoms with van der Waals surface area (Å²) < 4.78 is 52.7. The topological polar surface area (TPSA) is 210 Å². The van der Waals surface area contributed by atoms with Gasteiger partial charge in [-0.25, -0.2) is 0 Å². The third-order valence-electron chi connectivity index (χ3n) is 0.200. The summed E-state index contributed by atoms with van der Waals surface area (Å²) in [6.07, 6.45) is 0. The Bertz CT molecular complexity index is 321. The van der Waals surface area contributed by atoms with Crippen LogP contribution in [0.3, 0.4) is 0 Å². The van der Waals surface area contributed by atoms with Crippen LogP contribution < -0.4 is 225 Å². The van der Waals surface area contributed by atoms with Gasteiger partial charge in [0.05, 0.1) is 15.6 Å². The molecule has 0 aromatic rings. The largest absolute Gasteiger partial charge is 1.00 e. The van der Waals surface area contributed by atoms with Crippen LogP contribution in [0.1, 0.15) is 0 Å². The van der Waals surface area contributed by atoms with E-state index in [0.29, 0.717) is 0 Å². The van der Waals surface area contributed by atoms with Crippen molar-refractivity contribution in [3.8, 4) is 0 Å². The number of rotatable bonds is 2. The first-order valence-electron chi connectivity index (χ1n) is 2.16. The number of hydrogen-bond acceptors (Lipinski definition) is 9. The first-order valence-corrected chi connectivity index (χ1v) is 6.48. The van der Waals surface area contributed by atoms with Gasteiger partial charge in [0.25, 0.3) is 0 Å². The van der Waals surface area contributed by atoms with Crippen molar-refractivity contribution < 1.29 is 256 Å². The van der Waals surface area contributed by atoms with Crippen molar-refractivity contribution in [2.45, 2.75) is 0 Å². The van der Waals surface area contributed by atoms with Gasteiger partial charge >= 0.3 is 216 Å². The zero-order chi connectivity index (χ0) is 12.2. The summed E-state index contributed by atoms with van der Waals surface area (Å²) >= 11 is 0. The van der Waals surface area contributed by atoms with Crippen molar-refractivity contribution >= 4 is 26.0 Å². The molecule has 0 aromatic heterocycles. The van der Waals surface area contributed by atoms with Crippen LogP contribution in [0, 0.1) is 0 Å². The molecule has 88 valence electrons. The molecule has 18 heavy (non-hydrogen) atoms. The molecule has 0 rings (SSSR count). The maximum absolute atomic E-state index is 9.32. The van der Waals surface area contributed by atoms with Crippen LogP contribution in [-0.2, 0) is 23.8 Å². The first-order chi connectivity index (χ1) is 5.71. The Labute approximate surface area is 273 Å². The van der Waals surface area contributed by atoms with E-state index in [1.54, 1.807) is 0 Å². The second-order valence-corrected chi connectivity index (χ2v) is 4.76. The van der Waals surface area contributed by atoms with E-state index >= 15 is 0 Å². The molecule has 0 bridgehead atoms. The summed E-state index contributed by atoms with van der Waals surface area (Å²) in [7, 11) is -16.0. The van der Waals surface area contributed by atoms with Gasteiger partial charge in [-0.3, -0.25) is 9.11 Å². The number of phosphoric acid groups is 2. The smallest absolute Gasteiger partial charge is 0.790 e. The van der Waals surface area contributed by atoms with Crippen LogP contribution in [0.4, 0.5) is 0 Å². The van der Waals surface area contributed by atoms with Gasteiger partial charge in [-0.05, 0) is 0 Å². The fraction of sp³-hybridized carbons (Fsp3) is 0. The van der Waals surface area contributed by atoms with E-state index in [1.807, 2.05) is 0 Å². The zero-order valence-electron chi connectivity index (χ0n) is 9.87. The van der Waals surface area contributed by atoms with E-state index in [9.17, 15) is 28.7 Å². The molecule has 0 atom stereocenters. The van der Waals surface area contributed by atoms with Crippen LogP contribution in [0.15, 0.2) is 0 Å². The van der Waals surface area contributed by atoms with Crippen molar-refractivity contribution in [3.05, 3.63) is 0 Å². The van der Waals surface area contributed by atoms with Gasteiger partial charge in [-0.15, -0.1) is 0 Å². The minimum Gasteiger partial charge on any atom is -0.790 e. The van der Waals surface area contributed by atoms with Crippen molar-refractivity contribution in [2.75, 3.05) is 0 Å². The Morgan fingerprint density at radius 3 is 0.889 bits per heavy atom. The number of hydrogen-bond donors (Lipinski definition) is 2. The molecule has 0 amide bonds. The molecule has 0 aromatic carbocycles. The molecule has 11 nitrogen and oxygen atoms in total. The van der Waals surface area contributed by atoms with Crippen molar-refractivity contribution in [1.82, 2.24) is 0 Å². The molecule has 0 heterocycles. The second kappa shape index (κ2) is 18.5.